The fraction of sp³-hybridized carbons (Fsp3) is 0.750. The van der Waals surface area contributed by atoms with Crippen LogP contribution >= 0.6 is 31.9 Å². The van der Waals surface area contributed by atoms with Crippen molar-refractivity contribution in [3.05, 3.63) is 0 Å². The molecular formula is C4H2Br2F3N. The molecule has 0 aliphatic heterocycles. The molecule has 58 valence electrons. The van der Waals surface area contributed by atoms with Crippen LogP contribution in [0.1, 0.15) is 0 Å². The topological polar surface area (TPSA) is 23.8 Å². The Morgan fingerprint density at radius 2 is 1.80 bits per heavy atom. The largest absolute Gasteiger partial charge is 0.417 e. The molecule has 0 saturated heterocycles. The second kappa shape index (κ2) is 3.09. The van der Waals surface area contributed by atoms with Crippen LogP contribution in [-0.2, 0) is 0 Å². The zero-order valence-electron chi connectivity index (χ0n) is 4.54. The van der Waals surface area contributed by atoms with Gasteiger partial charge >= 0.3 is 6.18 Å². The van der Waals surface area contributed by atoms with Gasteiger partial charge in [0.1, 0.15) is 0 Å². The summed E-state index contributed by atoms with van der Waals surface area (Å²) < 4.78 is 33.0. The predicted octanol–water partition coefficient (Wildman–Crippen LogP) is 2.60. The molecule has 0 fully saturated rings. The van der Waals surface area contributed by atoms with E-state index in [1.165, 1.54) is 0 Å². The standard InChI is InChI=1S/C4H2Br2F3N/c5-1-3(6,2-10)4(7,8)9/h1H2. The Labute approximate surface area is 72.5 Å². The molecule has 0 aliphatic rings. The van der Waals surface area contributed by atoms with E-state index in [1.54, 1.807) is 0 Å². The van der Waals surface area contributed by atoms with Gasteiger partial charge in [0.15, 0.2) is 0 Å². The molecule has 0 saturated carbocycles. The Bertz CT molecular complexity index is 161. The zero-order chi connectivity index (χ0) is 8.41. The van der Waals surface area contributed by atoms with Crippen molar-refractivity contribution < 1.29 is 13.2 Å². The first kappa shape index (κ1) is 10.2. The van der Waals surface area contributed by atoms with Crippen LogP contribution in [0, 0.1) is 11.3 Å². The van der Waals surface area contributed by atoms with Crippen LogP contribution in [0.3, 0.4) is 0 Å². The molecule has 0 amide bonds. The van der Waals surface area contributed by atoms with Gasteiger partial charge in [-0.05, 0) is 0 Å². The van der Waals surface area contributed by atoms with Crippen LogP contribution in [0.15, 0.2) is 0 Å². The first-order chi connectivity index (χ1) is 4.37. The molecule has 0 spiro atoms. The van der Waals surface area contributed by atoms with Crippen LogP contribution < -0.4 is 0 Å². The van der Waals surface area contributed by atoms with Gasteiger partial charge in [-0.3, -0.25) is 0 Å². The molecule has 1 nitrogen and oxygen atoms in total. The van der Waals surface area contributed by atoms with Crippen molar-refractivity contribution >= 4 is 31.9 Å². The molecule has 1 atom stereocenters. The van der Waals surface area contributed by atoms with Gasteiger partial charge in [-0.15, -0.1) is 0 Å². The number of rotatable bonds is 1. The minimum Gasteiger partial charge on any atom is -0.196 e. The highest BCUT2D eigenvalue weighted by molar-refractivity contribution is 9.12. The maximum atomic E-state index is 11.8. The normalized spacial score (nSPS) is 17.6. The van der Waals surface area contributed by atoms with Gasteiger partial charge in [0.05, 0.1) is 6.07 Å². The Morgan fingerprint density at radius 1 is 1.40 bits per heavy atom. The summed E-state index contributed by atoms with van der Waals surface area (Å²) >= 11 is 4.85. The predicted molar refractivity (Wildman–Crippen MR) is 37.1 cm³/mol. The van der Waals surface area contributed by atoms with E-state index in [0.717, 1.165) is 6.07 Å². The molecule has 0 N–H and O–H groups in total. The average molecular weight is 281 g/mol. The van der Waals surface area contributed by atoms with Crippen molar-refractivity contribution in [2.75, 3.05) is 5.33 Å². The van der Waals surface area contributed by atoms with E-state index in [0.29, 0.717) is 0 Å². The minimum absolute atomic E-state index is 0.472. The first-order valence-electron chi connectivity index (χ1n) is 2.10. The van der Waals surface area contributed by atoms with E-state index in [1.807, 2.05) is 0 Å². The van der Waals surface area contributed by atoms with E-state index in [4.69, 9.17) is 5.26 Å². The molecule has 10 heavy (non-hydrogen) atoms. The van der Waals surface area contributed by atoms with E-state index in [2.05, 4.69) is 31.9 Å². The van der Waals surface area contributed by atoms with Crippen LogP contribution in [0.5, 0.6) is 0 Å². The summed E-state index contributed by atoms with van der Waals surface area (Å²) in [6, 6.07) is 1.11. The number of alkyl halides is 5. The number of hydrogen-bond donors (Lipinski definition) is 0. The van der Waals surface area contributed by atoms with Crippen molar-refractivity contribution in [2.45, 2.75) is 10.5 Å². The van der Waals surface area contributed by atoms with Crippen molar-refractivity contribution in [3.63, 3.8) is 0 Å². The summed E-state index contributed by atoms with van der Waals surface area (Å²) in [5.74, 6) is 0. The third-order valence-electron chi connectivity index (χ3n) is 0.811. The van der Waals surface area contributed by atoms with E-state index in [9.17, 15) is 13.2 Å². The SMILES string of the molecule is N#CC(Br)(CBr)C(F)(F)F. The Morgan fingerprint density at radius 3 is 1.80 bits per heavy atom. The average Bonchev–Trinajstić information content (AvgIpc) is 1.84. The maximum Gasteiger partial charge on any atom is 0.417 e. The zero-order valence-corrected chi connectivity index (χ0v) is 7.72. The first-order valence-corrected chi connectivity index (χ1v) is 4.01. The molecule has 6 heteroatoms. The van der Waals surface area contributed by atoms with Crippen LogP contribution in [0.2, 0.25) is 0 Å². The molecule has 0 aromatic rings. The monoisotopic (exact) mass is 279 g/mol. The van der Waals surface area contributed by atoms with E-state index < -0.39 is 15.8 Å². The number of halogens is 5. The Balaban J connectivity index is 4.54. The minimum atomic E-state index is -4.54. The lowest BCUT2D eigenvalue weighted by molar-refractivity contribution is -0.138. The molecule has 0 radical (unpaired) electrons. The van der Waals surface area contributed by atoms with Crippen LogP contribution in [0.4, 0.5) is 13.2 Å². The number of hydrogen-bond acceptors (Lipinski definition) is 1. The quantitative estimate of drug-likeness (QED) is 0.678. The van der Waals surface area contributed by atoms with Gasteiger partial charge < -0.3 is 0 Å². The lowest BCUT2D eigenvalue weighted by Gasteiger charge is -2.19. The van der Waals surface area contributed by atoms with Crippen molar-refractivity contribution in [2.24, 2.45) is 0 Å². The molecule has 0 heterocycles. The number of nitriles is 1. The fourth-order valence-corrected chi connectivity index (χ4v) is 0.612. The fourth-order valence-electron chi connectivity index (χ4n) is 0.169. The molecule has 0 aliphatic carbocycles. The summed E-state index contributed by atoms with van der Waals surface area (Å²) in [4.78, 5) is 0. The molecule has 0 rings (SSSR count). The maximum absolute atomic E-state index is 11.8. The van der Waals surface area contributed by atoms with Crippen LogP contribution in [-0.4, -0.2) is 15.8 Å². The highest BCUT2D eigenvalue weighted by Gasteiger charge is 2.53. The lowest BCUT2D eigenvalue weighted by Crippen LogP contribution is -2.39. The molecule has 1 unspecified atom stereocenters. The Kier molecular flexibility index (Phi) is 3.17. The van der Waals surface area contributed by atoms with Crippen LogP contribution in [0.25, 0.3) is 0 Å². The summed E-state index contributed by atoms with van der Waals surface area (Å²) in [6.07, 6.45) is -4.54. The summed E-state index contributed by atoms with van der Waals surface area (Å²) in [7, 11) is 0. The second-order valence-corrected chi connectivity index (χ2v) is 3.46. The Hall–Kier alpha value is 0.240. The second-order valence-electron chi connectivity index (χ2n) is 1.54. The molecule has 0 bridgehead atoms. The summed E-state index contributed by atoms with van der Waals surface area (Å²) in [5.41, 5.74) is 0. The van der Waals surface area contributed by atoms with E-state index in [-0.39, 0.29) is 0 Å². The smallest absolute Gasteiger partial charge is 0.196 e. The lowest BCUT2D eigenvalue weighted by atomic mass is 10.2. The molecule has 0 aromatic carbocycles. The van der Waals surface area contributed by atoms with Gasteiger partial charge in [0.2, 0.25) is 4.32 Å². The highest BCUT2D eigenvalue weighted by atomic mass is 79.9. The van der Waals surface area contributed by atoms with Gasteiger partial charge in [-0.2, -0.15) is 18.4 Å². The van der Waals surface area contributed by atoms with Crippen molar-refractivity contribution in [1.29, 1.82) is 5.26 Å². The third-order valence-corrected chi connectivity index (χ3v) is 3.31. The van der Waals surface area contributed by atoms with E-state index >= 15 is 0 Å². The summed E-state index contributed by atoms with van der Waals surface area (Å²) in [5, 5.41) is 7.60. The van der Waals surface area contributed by atoms with Gasteiger partial charge in [0.25, 0.3) is 0 Å². The van der Waals surface area contributed by atoms with Crippen molar-refractivity contribution in [1.82, 2.24) is 0 Å². The molecular weight excluding hydrogens is 279 g/mol. The highest BCUT2D eigenvalue weighted by Crippen LogP contribution is 2.38. The van der Waals surface area contributed by atoms with Gasteiger partial charge in [0, 0.05) is 5.33 Å². The van der Waals surface area contributed by atoms with Gasteiger partial charge in [-0.25, -0.2) is 0 Å². The summed E-state index contributed by atoms with van der Waals surface area (Å²) in [6.45, 7) is 0. The number of nitrogens with zero attached hydrogens (tertiary/aromatic N) is 1. The van der Waals surface area contributed by atoms with Crippen molar-refractivity contribution in [3.8, 4) is 6.07 Å². The third kappa shape index (κ3) is 1.86. The van der Waals surface area contributed by atoms with Gasteiger partial charge in [-0.1, -0.05) is 31.9 Å². The molecule has 0 aromatic heterocycles.